The van der Waals surface area contributed by atoms with E-state index >= 15 is 0 Å². The first-order valence-electron chi connectivity index (χ1n) is 12.4. The lowest BCUT2D eigenvalue weighted by Crippen LogP contribution is -2.48. The average Bonchev–Trinajstić information content (AvgIpc) is 2.77. The van der Waals surface area contributed by atoms with E-state index in [9.17, 15) is 4.79 Å². The maximum absolute atomic E-state index is 13.2. The molecule has 4 aromatic carbocycles. The molecule has 0 unspecified atom stereocenters. The van der Waals surface area contributed by atoms with Crippen LogP contribution in [0.2, 0.25) is 39.3 Å². The van der Waals surface area contributed by atoms with Crippen molar-refractivity contribution in [3.63, 3.8) is 0 Å². The lowest BCUT2D eigenvalue weighted by atomic mass is 9.97. The summed E-state index contributed by atoms with van der Waals surface area (Å²) in [5.41, 5.74) is 0. The van der Waals surface area contributed by atoms with Crippen LogP contribution in [-0.4, -0.2) is 40.2 Å². The van der Waals surface area contributed by atoms with Gasteiger partial charge in [-0.3, -0.25) is 0 Å². The van der Waals surface area contributed by atoms with E-state index in [1.165, 1.54) is 42.7 Å². The largest absolute Gasteiger partial charge is 0.415 e. The molecule has 178 valence electrons. The zero-order chi connectivity index (χ0) is 24.8. The van der Waals surface area contributed by atoms with Crippen molar-refractivity contribution in [3.8, 4) is 5.75 Å². The van der Waals surface area contributed by atoms with Crippen molar-refractivity contribution < 1.29 is 9.53 Å². The molecule has 0 radical (unpaired) electrons. The van der Waals surface area contributed by atoms with Crippen molar-refractivity contribution in [2.24, 2.45) is 0 Å². The molecule has 0 spiro atoms. The minimum Gasteiger partial charge on any atom is -0.410 e. The first kappa shape index (κ1) is 24.5. The smallest absolute Gasteiger partial charge is 0.410 e. The van der Waals surface area contributed by atoms with Gasteiger partial charge < -0.3 is 9.64 Å². The highest BCUT2D eigenvalue weighted by Crippen LogP contribution is 2.34. The highest BCUT2D eigenvalue weighted by molar-refractivity contribution is 6.94. The van der Waals surface area contributed by atoms with Gasteiger partial charge in [-0.1, -0.05) is 93.9 Å². The van der Waals surface area contributed by atoms with Crippen LogP contribution in [0.15, 0.2) is 54.6 Å². The lowest BCUT2D eigenvalue weighted by molar-refractivity contribution is 0.158. The van der Waals surface area contributed by atoms with Crippen LogP contribution < -0.4 is 15.1 Å². The molecule has 0 saturated heterocycles. The molecule has 0 fully saturated rings. The normalized spacial score (nSPS) is 12.5. The summed E-state index contributed by atoms with van der Waals surface area (Å²) >= 11 is 0. The van der Waals surface area contributed by atoms with E-state index in [1.54, 1.807) is 4.90 Å². The lowest BCUT2D eigenvalue weighted by Gasteiger charge is -2.30. The summed E-state index contributed by atoms with van der Waals surface area (Å²) in [6.45, 7) is 19.4. The maximum atomic E-state index is 13.2. The molecule has 0 atom stereocenters. The van der Waals surface area contributed by atoms with Crippen LogP contribution in [0.1, 0.15) is 13.8 Å². The number of benzene rings is 4. The van der Waals surface area contributed by atoms with Crippen molar-refractivity contribution in [1.29, 1.82) is 0 Å². The van der Waals surface area contributed by atoms with Crippen LogP contribution in [0.25, 0.3) is 32.3 Å². The molecule has 0 aromatic heterocycles. The molecule has 34 heavy (non-hydrogen) atoms. The zero-order valence-corrected chi connectivity index (χ0v) is 23.9. The molecule has 0 N–H and O–H groups in total. The Hall–Kier alpha value is -2.64. The molecule has 0 aliphatic rings. The van der Waals surface area contributed by atoms with E-state index in [1.807, 2.05) is 13.8 Å². The fourth-order valence-corrected chi connectivity index (χ4v) is 8.45. The van der Waals surface area contributed by atoms with E-state index < -0.39 is 16.1 Å². The fraction of sp³-hybridized carbons (Fsp3) is 0.345. The Morgan fingerprint density at radius 3 is 1.94 bits per heavy atom. The standard InChI is InChI=1S/C29H37NO2Si2/c1-9-30(10-2)29(31)32-27-26(33(3,4)5)19-25-23-16-15-20-13-11-12-14-21(20)22(23)17-18-24(25)28(27)34(6,7)8/h11-19H,9-10H2,1-8H3. The maximum Gasteiger partial charge on any atom is 0.415 e. The first-order chi connectivity index (χ1) is 16.0. The number of hydrogen-bond acceptors (Lipinski definition) is 2. The molecule has 4 rings (SSSR count). The second kappa shape index (κ2) is 8.86. The van der Waals surface area contributed by atoms with Gasteiger partial charge in [0, 0.05) is 13.1 Å². The van der Waals surface area contributed by atoms with E-state index in [4.69, 9.17) is 4.74 Å². The Kier molecular flexibility index (Phi) is 6.38. The van der Waals surface area contributed by atoms with E-state index in [2.05, 4.69) is 93.9 Å². The van der Waals surface area contributed by atoms with Crippen LogP contribution in [-0.2, 0) is 0 Å². The minimum atomic E-state index is -1.89. The molecule has 3 nitrogen and oxygen atoms in total. The molecule has 5 heteroatoms. The molecule has 0 aliphatic carbocycles. The predicted molar refractivity (Wildman–Crippen MR) is 154 cm³/mol. The summed E-state index contributed by atoms with van der Waals surface area (Å²) in [5, 5.41) is 10.1. The van der Waals surface area contributed by atoms with Crippen molar-refractivity contribution in [2.75, 3.05) is 13.1 Å². The molecule has 0 saturated carbocycles. The van der Waals surface area contributed by atoms with Gasteiger partial charge in [0.15, 0.2) is 0 Å². The number of rotatable bonds is 5. The molecular weight excluding hydrogens is 450 g/mol. The first-order valence-corrected chi connectivity index (χ1v) is 19.4. The minimum absolute atomic E-state index is 0.241. The predicted octanol–water partition coefficient (Wildman–Crippen LogP) is 7.08. The van der Waals surface area contributed by atoms with Gasteiger partial charge in [-0.15, -0.1) is 0 Å². The molecule has 1 amide bonds. The highest BCUT2D eigenvalue weighted by Gasteiger charge is 2.33. The quantitative estimate of drug-likeness (QED) is 0.222. The fourth-order valence-electron chi connectivity index (χ4n) is 4.99. The summed E-state index contributed by atoms with van der Waals surface area (Å²) in [6, 6.07) is 20.0. The topological polar surface area (TPSA) is 29.5 Å². The van der Waals surface area contributed by atoms with E-state index in [0.717, 1.165) is 5.75 Å². The van der Waals surface area contributed by atoms with Gasteiger partial charge in [-0.2, -0.15) is 0 Å². The third kappa shape index (κ3) is 4.27. The third-order valence-electron chi connectivity index (χ3n) is 6.77. The number of fused-ring (bicyclic) bond motifs is 5. The highest BCUT2D eigenvalue weighted by atomic mass is 28.3. The van der Waals surface area contributed by atoms with Crippen LogP contribution in [0.5, 0.6) is 5.75 Å². The Balaban J connectivity index is 2.13. The molecule has 4 aromatic rings. The van der Waals surface area contributed by atoms with Crippen molar-refractivity contribution in [1.82, 2.24) is 4.90 Å². The molecular formula is C29H37NO2Si2. The summed E-state index contributed by atoms with van der Waals surface area (Å²) in [4.78, 5) is 14.9. The monoisotopic (exact) mass is 487 g/mol. The zero-order valence-electron chi connectivity index (χ0n) is 21.9. The van der Waals surface area contributed by atoms with Crippen LogP contribution in [0.4, 0.5) is 4.79 Å². The third-order valence-corrected chi connectivity index (χ3v) is 10.8. The van der Waals surface area contributed by atoms with Gasteiger partial charge in [0.05, 0.1) is 16.1 Å². The summed E-state index contributed by atoms with van der Waals surface area (Å²) in [7, 11) is -3.73. The molecule has 0 heterocycles. The van der Waals surface area contributed by atoms with Crippen LogP contribution in [0, 0.1) is 0 Å². The SMILES string of the molecule is CCN(CC)C(=O)Oc1c([Si](C)(C)C)cc2c(ccc3c4ccccc4ccc23)c1[Si](C)(C)C. The Morgan fingerprint density at radius 2 is 1.32 bits per heavy atom. The Morgan fingerprint density at radius 1 is 0.735 bits per heavy atom. The van der Waals surface area contributed by atoms with Gasteiger partial charge in [0.2, 0.25) is 0 Å². The van der Waals surface area contributed by atoms with Gasteiger partial charge in [-0.25, -0.2) is 4.79 Å². The van der Waals surface area contributed by atoms with Crippen molar-refractivity contribution in [3.05, 3.63) is 54.6 Å². The Bertz CT molecular complexity index is 1390. The number of carbonyl (C=O) groups is 1. The number of amides is 1. The second-order valence-electron chi connectivity index (χ2n) is 11.2. The van der Waals surface area contributed by atoms with Gasteiger partial charge in [0.25, 0.3) is 0 Å². The summed E-state index contributed by atoms with van der Waals surface area (Å²) in [5.74, 6) is 0.836. The number of nitrogens with zero attached hydrogens (tertiary/aromatic N) is 1. The van der Waals surface area contributed by atoms with Crippen LogP contribution in [0.3, 0.4) is 0 Å². The van der Waals surface area contributed by atoms with Gasteiger partial charge in [0.1, 0.15) is 5.75 Å². The summed E-state index contributed by atoms with van der Waals surface area (Å²) < 4.78 is 6.32. The number of carbonyl (C=O) groups excluding carboxylic acids is 1. The van der Waals surface area contributed by atoms with Gasteiger partial charge >= 0.3 is 6.09 Å². The van der Waals surface area contributed by atoms with E-state index in [0.29, 0.717) is 13.1 Å². The van der Waals surface area contributed by atoms with Crippen molar-refractivity contribution in [2.45, 2.75) is 53.1 Å². The second-order valence-corrected chi connectivity index (χ2v) is 21.2. The Labute approximate surface area is 205 Å². The van der Waals surface area contributed by atoms with Gasteiger partial charge in [-0.05, 0) is 56.5 Å². The average molecular weight is 488 g/mol. The van der Waals surface area contributed by atoms with Crippen molar-refractivity contribution >= 4 is 64.9 Å². The summed E-state index contributed by atoms with van der Waals surface area (Å²) in [6.07, 6.45) is -0.241. The molecule has 0 bridgehead atoms. The van der Waals surface area contributed by atoms with E-state index in [-0.39, 0.29) is 6.09 Å². The number of hydrogen-bond donors (Lipinski definition) is 0. The number of ether oxygens (including phenoxy) is 1. The molecule has 0 aliphatic heterocycles. The van der Waals surface area contributed by atoms with Crippen LogP contribution >= 0.6 is 0 Å².